The molecule has 1 unspecified atom stereocenters. The van der Waals surface area contributed by atoms with Crippen LogP contribution >= 0.6 is 0 Å². The van der Waals surface area contributed by atoms with E-state index in [1.54, 1.807) is 0 Å². The third-order valence-electron chi connectivity index (χ3n) is 6.31. The van der Waals surface area contributed by atoms with Gasteiger partial charge >= 0.3 is 0 Å². The van der Waals surface area contributed by atoms with Crippen molar-refractivity contribution in [3.63, 3.8) is 0 Å². The van der Waals surface area contributed by atoms with Gasteiger partial charge in [-0.3, -0.25) is 0 Å². The van der Waals surface area contributed by atoms with Crippen molar-refractivity contribution in [3.05, 3.63) is 35.4 Å². The molecule has 3 heteroatoms. The summed E-state index contributed by atoms with van der Waals surface area (Å²) in [6.07, 6.45) is 5.97. The minimum absolute atomic E-state index is 0.311. The van der Waals surface area contributed by atoms with Crippen LogP contribution in [-0.4, -0.2) is 35.0 Å². The van der Waals surface area contributed by atoms with Crippen molar-refractivity contribution in [1.82, 2.24) is 5.32 Å². The largest absolute Gasteiger partial charge is 0.390 e. The number of rotatable bonds is 3. The monoisotopic (exact) mass is 301 g/mol. The van der Waals surface area contributed by atoms with Crippen LogP contribution < -0.4 is 5.32 Å². The van der Waals surface area contributed by atoms with Crippen molar-refractivity contribution in [2.24, 2.45) is 17.8 Å². The summed E-state index contributed by atoms with van der Waals surface area (Å²) in [4.78, 5) is 0. The van der Waals surface area contributed by atoms with Gasteiger partial charge in [-0.2, -0.15) is 0 Å². The molecule has 3 nitrogen and oxygen atoms in total. The molecule has 1 aromatic rings. The highest BCUT2D eigenvalue weighted by Gasteiger charge is 2.51. The van der Waals surface area contributed by atoms with Crippen LogP contribution in [-0.2, 0) is 12.8 Å². The van der Waals surface area contributed by atoms with Gasteiger partial charge < -0.3 is 15.5 Å². The Morgan fingerprint density at radius 2 is 1.86 bits per heavy atom. The molecule has 0 aromatic heterocycles. The maximum absolute atomic E-state index is 10.1. The van der Waals surface area contributed by atoms with Gasteiger partial charge in [0.05, 0.1) is 12.2 Å². The lowest BCUT2D eigenvalue weighted by molar-refractivity contribution is -0.0337. The number of aliphatic hydroxyl groups excluding tert-OH is 2. The van der Waals surface area contributed by atoms with Crippen molar-refractivity contribution in [2.45, 2.75) is 56.8 Å². The molecule has 3 aliphatic rings. The topological polar surface area (TPSA) is 52.5 Å². The van der Waals surface area contributed by atoms with Crippen LogP contribution in [0.4, 0.5) is 0 Å². The van der Waals surface area contributed by atoms with Gasteiger partial charge in [0.25, 0.3) is 0 Å². The van der Waals surface area contributed by atoms with Gasteiger partial charge in [0.15, 0.2) is 0 Å². The maximum atomic E-state index is 10.1. The zero-order valence-electron chi connectivity index (χ0n) is 13.1. The van der Waals surface area contributed by atoms with E-state index in [1.807, 2.05) is 0 Å². The number of benzene rings is 1. The van der Waals surface area contributed by atoms with Crippen molar-refractivity contribution in [1.29, 1.82) is 0 Å². The Morgan fingerprint density at radius 3 is 2.64 bits per heavy atom. The Balaban J connectivity index is 1.35. The standard InChI is InChI=1S/C19H27NO2/c21-18-14-8-15(17(10-14)19(18)22)11-20-16-7-3-6-12-4-1-2-5-13(12)9-16/h1-2,4-5,14-22H,3,6-11H2/t14-,15-,16?,17-,18+,19-/m1/s1. The molecule has 3 N–H and O–H groups in total. The fourth-order valence-electron chi connectivity index (χ4n) is 5.07. The van der Waals surface area contributed by atoms with Gasteiger partial charge in [0.1, 0.15) is 0 Å². The van der Waals surface area contributed by atoms with Crippen molar-refractivity contribution >= 4 is 0 Å². The number of nitrogens with one attached hydrogen (secondary N) is 1. The van der Waals surface area contributed by atoms with Crippen LogP contribution in [0.3, 0.4) is 0 Å². The lowest BCUT2D eigenvalue weighted by Gasteiger charge is -2.31. The smallest absolute Gasteiger partial charge is 0.0833 e. The van der Waals surface area contributed by atoms with E-state index in [9.17, 15) is 10.2 Å². The van der Waals surface area contributed by atoms with E-state index in [0.29, 0.717) is 23.8 Å². The molecule has 4 rings (SSSR count). The molecule has 2 fully saturated rings. The summed E-state index contributed by atoms with van der Waals surface area (Å²) in [6, 6.07) is 9.40. The van der Waals surface area contributed by atoms with Gasteiger partial charge in [-0.15, -0.1) is 0 Å². The van der Waals surface area contributed by atoms with Crippen LogP contribution in [0.5, 0.6) is 0 Å². The molecule has 6 atom stereocenters. The molecule has 2 bridgehead atoms. The summed E-state index contributed by atoms with van der Waals surface area (Å²) < 4.78 is 0. The Bertz CT molecular complexity index is 530. The first-order valence-electron chi connectivity index (χ1n) is 8.88. The molecule has 0 radical (unpaired) electrons. The summed E-state index contributed by atoms with van der Waals surface area (Å²) in [5.74, 6) is 1.19. The Hall–Kier alpha value is -0.900. The van der Waals surface area contributed by atoms with Gasteiger partial charge in [-0.25, -0.2) is 0 Å². The Kier molecular flexibility index (Phi) is 3.97. The second kappa shape index (κ2) is 5.95. The molecule has 0 saturated heterocycles. The normalized spacial score (nSPS) is 40.5. The van der Waals surface area contributed by atoms with E-state index >= 15 is 0 Å². The molecule has 0 heterocycles. The van der Waals surface area contributed by atoms with Crippen LogP contribution in [0.15, 0.2) is 24.3 Å². The second-order valence-electron chi connectivity index (χ2n) is 7.61. The maximum Gasteiger partial charge on any atom is 0.0833 e. The van der Waals surface area contributed by atoms with E-state index in [0.717, 1.165) is 25.8 Å². The molecular weight excluding hydrogens is 274 g/mol. The lowest BCUT2D eigenvalue weighted by atomic mass is 9.85. The highest BCUT2D eigenvalue weighted by atomic mass is 16.3. The zero-order chi connectivity index (χ0) is 15.1. The fourth-order valence-corrected chi connectivity index (χ4v) is 5.07. The first-order valence-corrected chi connectivity index (χ1v) is 8.88. The minimum Gasteiger partial charge on any atom is -0.390 e. The molecule has 0 aliphatic heterocycles. The van der Waals surface area contributed by atoms with Gasteiger partial charge in [-0.05, 0) is 74.0 Å². The number of fused-ring (bicyclic) bond motifs is 3. The first kappa shape index (κ1) is 14.7. The van der Waals surface area contributed by atoms with E-state index in [4.69, 9.17) is 0 Å². The average molecular weight is 301 g/mol. The number of hydrogen-bond donors (Lipinski definition) is 3. The molecule has 2 saturated carbocycles. The van der Waals surface area contributed by atoms with Crippen molar-refractivity contribution in [2.75, 3.05) is 6.54 Å². The Labute approximate surface area is 132 Å². The van der Waals surface area contributed by atoms with E-state index in [-0.39, 0.29) is 0 Å². The molecule has 1 aromatic carbocycles. The first-order chi connectivity index (χ1) is 10.7. The number of aliphatic hydroxyl groups is 2. The van der Waals surface area contributed by atoms with Gasteiger partial charge in [0.2, 0.25) is 0 Å². The predicted octanol–water partition coefficient (Wildman–Crippen LogP) is 1.90. The minimum atomic E-state index is -0.486. The fraction of sp³-hybridized carbons (Fsp3) is 0.684. The Morgan fingerprint density at radius 1 is 1.05 bits per heavy atom. The summed E-state index contributed by atoms with van der Waals surface area (Å²) in [5, 5.41) is 23.8. The molecule has 0 spiro atoms. The highest BCUT2D eigenvalue weighted by molar-refractivity contribution is 5.29. The predicted molar refractivity (Wildman–Crippen MR) is 86.6 cm³/mol. The summed E-state index contributed by atoms with van der Waals surface area (Å²) in [5.41, 5.74) is 3.02. The number of hydrogen-bond acceptors (Lipinski definition) is 3. The van der Waals surface area contributed by atoms with Gasteiger partial charge in [0, 0.05) is 6.04 Å². The van der Waals surface area contributed by atoms with E-state index in [1.165, 1.54) is 30.4 Å². The SMILES string of the molecule is O[C@H]1[C@@H]2C[C@H](CNC3CCCc4ccccc4C3)[C@@H](C2)[C@H]1O. The molecule has 0 amide bonds. The summed E-state index contributed by atoms with van der Waals surface area (Å²) >= 11 is 0. The van der Waals surface area contributed by atoms with Gasteiger partial charge in [-0.1, -0.05) is 24.3 Å². The van der Waals surface area contributed by atoms with Crippen molar-refractivity contribution < 1.29 is 10.2 Å². The second-order valence-corrected chi connectivity index (χ2v) is 7.61. The zero-order valence-corrected chi connectivity index (χ0v) is 13.1. The van der Waals surface area contributed by atoms with E-state index < -0.39 is 12.2 Å². The lowest BCUT2D eigenvalue weighted by Crippen LogP contribution is -2.42. The van der Waals surface area contributed by atoms with Crippen LogP contribution in [0.25, 0.3) is 0 Å². The quantitative estimate of drug-likeness (QED) is 0.748. The molecule has 22 heavy (non-hydrogen) atoms. The summed E-state index contributed by atoms with van der Waals surface area (Å²) in [7, 11) is 0. The number of aryl methyl sites for hydroxylation is 1. The van der Waals surface area contributed by atoms with Crippen LogP contribution in [0.2, 0.25) is 0 Å². The third kappa shape index (κ3) is 2.60. The molecule has 120 valence electrons. The molecular formula is C19H27NO2. The average Bonchev–Trinajstić information content (AvgIpc) is 2.98. The highest BCUT2D eigenvalue weighted by Crippen LogP contribution is 2.48. The van der Waals surface area contributed by atoms with E-state index in [2.05, 4.69) is 29.6 Å². The molecule has 3 aliphatic carbocycles. The van der Waals surface area contributed by atoms with Crippen molar-refractivity contribution in [3.8, 4) is 0 Å². The van der Waals surface area contributed by atoms with Crippen LogP contribution in [0, 0.1) is 17.8 Å². The van der Waals surface area contributed by atoms with Crippen LogP contribution in [0.1, 0.15) is 36.8 Å². The summed E-state index contributed by atoms with van der Waals surface area (Å²) in [6.45, 7) is 0.998. The third-order valence-corrected chi connectivity index (χ3v) is 6.31.